The molecule has 1 unspecified atom stereocenters. The second-order valence-electron chi connectivity index (χ2n) is 13.1. The van der Waals surface area contributed by atoms with E-state index >= 15 is 0 Å². The SMILES string of the molecule is C=C(C1Cc2cc(OC)ccc2-c2c(C3CCCCC3)c3ccc(C(=O)NS(=C)(=C)N(C)C)cc3n2C1)N(C)CC1=NC=CC1. The van der Waals surface area contributed by atoms with E-state index in [0.717, 1.165) is 48.6 Å². The first-order valence-electron chi connectivity index (χ1n) is 16.0. The highest BCUT2D eigenvalue weighted by molar-refractivity contribution is 8.24. The van der Waals surface area contributed by atoms with E-state index in [-0.39, 0.29) is 11.8 Å². The highest BCUT2D eigenvalue weighted by Crippen LogP contribution is 2.48. The van der Waals surface area contributed by atoms with E-state index in [1.165, 1.54) is 59.9 Å². The number of aliphatic imine (C=N–C) groups is 1. The standard InChI is InChI=1S/C37H47N5O2S/c1-25(41(4)24-30-14-11-19-38-30)29-20-28-21-31(44-5)16-18-32(28)36-35(26-12-9-8-10-13-26)33-17-15-27(22-34(33)42(36)23-29)37(43)39-45(6,7)40(2)3/h11,15-19,21-22,26,29H,1,6-10,12-14,20,23-24H2,2-5H3,(H,39,43). The Hall–Kier alpha value is -3.75. The molecule has 1 fully saturated rings. The summed E-state index contributed by atoms with van der Waals surface area (Å²) in [5, 5.41) is 1.25. The third kappa shape index (κ3) is 6.10. The number of nitrogens with one attached hydrogen (secondary N) is 1. The number of amides is 1. The molecule has 1 saturated carbocycles. The summed E-state index contributed by atoms with van der Waals surface area (Å²) in [5.74, 6) is 9.73. The molecule has 0 saturated heterocycles. The van der Waals surface area contributed by atoms with Crippen LogP contribution in [0.5, 0.6) is 5.75 Å². The Morgan fingerprint density at radius 3 is 2.58 bits per heavy atom. The second kappa shape index (κ2) is 12.6. The van der Waals surface area contributed by atoms with Gasteiger partial charge in [-0.1, -0.05) is 47.6 Å². The molecule has 0 spiro atoms. The van der Waals surface area contributed by atoms with Gasteiger partial charge in [-0.2, -0.15) is 0 Å². The summed E-state index contributed by atoms with van der Waals surface area (Å²) in [7, 11) is 5.72. The molecule has 8 heteroatoms. The topological polar surface area (TPSA) is 62.1 Å². The number of allylic oxidation sites excluding steroid dienone is 2. The van der Waals surface area contributed by atoms with E-state index in [1.807, 2.05) is 30.7 Å². The van der Waals surface area contributed by atoms with Gasteiger partial charge in [0.15, 0.2) is 0 Å². The van der Waals surface area contributed by atoms with Crippen LogP contribution in [0.15, 0.2) is 65.9 Å². The van der Waals surface area contributed by atoms with E-state index in [2.05, 4.69) is 81.0 Å². The van der Waals surface area contributed by atoms with Crippen molar-refractivity contribution in [1.82, 2.24) is 18.5 Å². The maximum absolute atomic E-state index is 13.6. The minimum absolute atomic E-state index is 0.147. The fourth-order valence-corrected chi connectivity index (χ4v) is 7.83. The van der Waals surface area contributed by atoms with Crippen LogP contribution in [0, 0.1) is 5.92 Å². The van der Waals surface area contributed by atoms with Crippen LogP contribution in [0.2, 0.25) is 0 Å². The largest absolute Gasteiger partial charge is 0.497 e. The molecule has 3 aromatic rings. The molecule has 1 aliphatic carbocycles. The number of rotatable bonds is 9. The van der Waals surface area contributed by atoms with Gasteiger partial charge in [-0.05, 0) is 92.5 Å². The number of hydrogen-bond donors (Lipinski definition) is 1. The van der Waals surface area contributed by atoms with Gasteiger partial charge < -0.3 is 14.2 Å². The minimum atomic E-state index is -1.94. The Balaban J connectivity index is 1.52. The van der Waals surface area contributed by atoms with E-state index < -0.39 is 9.58 Å². The quantitative estimate of drug-likeness (QED) is 0.257. The summed E-state index contributed by atoms with van der Waals surface area (Å²) in [5.41, 5.74) is 9.23. The monoisotopic (exact) mass is 625 g/mol. The fourth-order valence-electron chi connectivity index (χ4n) is 7.19. The molecule has 45 heavy (non-hydrogen) atoms. The summed E-state index contributed by atoms with van der Waals surface area (Å²) in [6.45, 7) is 6.19. The third-order valence-electron chi connectivity index (χ3n) is 9.90. The van der Waals surface area contributed by atoms with Crippen LogP contribution >= 0.6 is 9.58 Å². The van der Waals surface area contributed by atoms with Crippen molar-refractivity contribution in [1.29, 1.82) is 0 Å². The van der Waals surface area contributed by atoms with Crippen LogP contribution < -0.4 is 9.46 Å². The first-order chi connectivity index (χ1) is 21.6. The van der Waals surface area contributed by atoms with Gasteiger partial charge in [-0.3, -0.25) is 18.8 Å². The number of methoxy groups -OCH3 is 1. The molecule has 2 aromatic carbocycles. The van der Waals surface area contributed by atoms with E-state index in [0.29, 0.717) is 11.5 Å². The second-order valence-corrected chi connectivity index (χ2v) is 15.7. The lowest BCUT2D eigenvalue weighted by atomic mass is 9.81. The highest BCUT2D eigenvalue weighted by atomic mass is 32.2. The van der Waals surface area contributed by atoms with Crippen molar-refractivity contribution in [2.24, 2.45) is 10.9 Å². The Morgan fingerprint density at radius 1 is 1.11 bits per heavy atom. The summed E-state index contributed by atoms with van der Waals surface area (Å²) in [6.07, 6.45) is 11.9. The normalized spacial score (nSPS) is 18.3. The average Bonchev–Trinajstić information content (AvgIpc) is 3.61. The van der Waals surface area contributed by atoms with Crippen molar-refractivity contribution in [3.63, 3.8) is 0 Å². The van der Waals surface area contributed by atoms with Gasteiger partial charge in [0.05, 0.1) is 19.3 Å². The van der Waals surface area contributed by atoms with Crippen molar-refractivity contribution in [2.45, 2.75) is 57.4 Å². The lowest BCUT2D eigenvalue weighted by molar-refractivity contribution is 0.0983. The number of benzene rings is 2. The van der Waals surface area contributed by atoms with Crippen LogP contribution in [-0.4, -0.2) is 71.9 Å². The minimum Gasteiger partial charge on any atom is -0.497 e. The molecule has 3 heterocycles. The van der Waals surface area contributed by atoms with Crippen molar-refractivity contribution < 1.29 is 9.53 Å². The van der Waals surface area contributed by atoms with Crippen LogP contribution in [0.4, 0.5) is 0 Å². The number of carbonyl (C=O) groups excluding carboxylic acids is 1. The molecule has 1 amide bonds. The van der Waals surface area contributed by atoms with Crippen LogP contribution in [0.25, 0.3) is 22.2 Å². The molecule has 0 radical (unpaired) electrons. The third-order valence-corrected chi connectivity index (χ3v) is 11.9. The zero-order chi connectivity index (χ0) is 31.9. The van der Waals surface area contributed by atoms with Gasteiger partial charge >= 0.3 is 0 Å². The van der Waals surface area contributed by atoms with Gasteiger partial charge in [0.2, 0.25) is 0 Å². The number of aromatic nitrogens is 1. The Kier molecular flexibility index (Phi) is 8.72. The van der Waals surface area contributed by atoms with Crippen molar-refractivity contribution in [3.05, 3.63) is 77.6 Å². The van der Waals surface area contributed by atoms with E-state index in [1.54, 1.807) is 7.11 Å². The smallest absolute Gasteiger partial charge is 0.261 e. The fraction of sp³-hybridized carbons (Fsp3) is 0.405. The van der Waals surface area contributed by atoms with Gasteiger partial charge in [-0.15, -0.1) is 0 Å². The summed E-state index contributed by atoms with van der Waals surface area (Å²) in [6, 6.07) is 12.8. The number of ether oxygens (including phenoxy) is 1. The molecule has 3 aliphatic rings. The highest BCUT2D eigenvalue weighted by Gasteiger charge is 2.33. The van der Waals surface area contributed by atoms with Gasteiger partial charge in [0.25, 0.3) is 5.91 Å². The first-order valence-corrected chi connectivity index (χ1v) is 17.9. The average molecular weight is 626 g/mol. The lowest BCUT2D eigenvalue weighted by Gasteiger charge is -2.29. The molecule has 238 valence electrons. The molecule has 6 rings (SSSR count). The molecule has 1 N–H and O–H groups in total. The Morgan fingerprint density at radius 2 is 1.89 bits per heavy atom. The van der Waals surface area contributed by atoms with Gasteiger partial charge in [0.1, 0.15) is 5.75 Å². The van der Waals surface area contributed by atoms with Crippen molar-refractivity contribution >= 4 is 43.8 Å². The Bertz CT molecular complexity index is 1810. The van der Waals surface area contributed by atoms with E-state index in [9.17, 15) is 4.79 Å². The maximum Gasteiger partial charge on any atom is 0.261 e. The predicted octanol–water partition coefficient (Wildman–Crippen LogP) is 7.13. The maximum atomic E-state index is 13.6. The molecular formula is C37H47N5O2S. The van der Waals surface area contributed by atoms with Crippen LogP contribution in [0.1, 0.15) is 65.9 Å². The molecule has 2 aliphatic heterocycles. The zero-order valence-corrected chi connectivity index (χ0v) is 28.1. The molecule has 0 bridgehead atoms. The lowest BCUT2D eigenvalue weighted by Crippen LogP contribution is -2.30. The summed E-state index contributed by atoms with van der Waals surface area (Å²) in [4.78, 5) is 20.4. The first kappa shape index (κ1) is 31.2. The number of fused-ring (bicyclic) bond motifs is 5. The number of hydrogen-bond acceptors (Lipinski definition) is 5. The molecular weight excluding hydrogens is 579 g/mol. The van der Waals surface area contributed by atoms with Gasteiger partial charge in [-0.25, -0.2) is 0 Å². The summed E-state index contributed by atoms with van der Waals surface area (Å²) < 4.78 is 13.2. The molecule has 1 atom stereocenters. The van der Waals surface area contributed by atoms with E-state index in [4.69, 9.17) is 4.74 Å². The number of nitrogens with zero attached hydrogens (tertiary/aromatic N) is 4. The van der Waals surface area contributed by atoms with Crippen molar-refractivity contribution in [2.75, 3.05) is 34.8 Å². The predicted molar refractivity (Wildman–Crippen MR) is 193 cm³/mol. The summed E-state index contributed by atoms with van der Waals surface area (Å²) >= 11 is 0. The Labute approximate surface area is 269 Å². The van der Waals surface area contributed by atoms with Crippen LogP contribution in [0.3, 0.4) is 0 Å². The van der Waals surface area contributed by atoms with Crippen LogP contribution in [-0.2, 0) is 13.0 Å². The van der Waals surface area contributed by atoms with Crippen molar-refractivity contribution in [3.8, 4) is 17.0 Å². The zero-order valence-electron chi connectivity index (χ0n) is 27.3. The molecule has 1 aromatic heterocycles. The number of carbonyl (C=O) groups is 1. The van der Waals surface area contributed by atoms with Gasteiger partial charge in [0, 0.05) is 65.6 Å². The molecule has 7 nitrogen and oxygen atoms in total.